The van der Waals surface area contributed by atoms with E-state index in [0.29, 0.717) is 12.0 Å². The fraction of sp³-hybridized carbons (Fsp3) is 0.500. The third-order valence-corrected chi connectivity index (χ3v) is 6.17. The van der Waals surface area contributed by atoms with E-state index in [0.717, 1.165) is 19.3 Å². The Kier molecular flexibility index (Phi) is 13.5. The van der Waals surface area contributed by atoms with Crippen LogP contribution in [0.3, 0.4) is 0 Å². The Hall–Kier alpha value is -1.05. The van der Waals surface area contributed by atoms with Crippen LogP contribution in [0, 0.1) is 0 Å². The first kappa shape index (κ1) is 28.0. The molecule has 0 radical (unpaired) electrons. The molecule has 7 heteroatoms. The van der Waals surface area contributed by atoms with Crippen molar-refractivity contribution in [3.05, 3.63) is 48.0 Å². The summed E-state index contributed by atoms with van der Waals surface area (Å²) in [6.45, 7) is 2.22. The quantitative estimate of drug-likeness (QED) is 0.268. The van der Waals surface area contributed by atoms with Gasteiger partial charge in [-0.15, -0.1) is 0 Å². The number of para-hydroxylation sites is 2. The van der Waals surface area contributed by atoms with E-state index < -0.39 is 10.1 Å². The molecule has 2 aromatic carbocycles. The Bertz CT molecular complexity index is 883. The van der Waals surface area contributed by atoms with Crippen molar-refractivity contribution < 1.29 is 52.4 Å². The smallest absolute Gasteiger partial charge is 0.870 e. The SMILES string of the molecule is CCCCCCCCCCCCc1cccc(Oc2ccccc2[O-])c1S(=O)(=O)O.[Na+]. The fourth-order valence-electron chi connectivity index (χ4n) is 3.59. The van der Waals surface area contributed by atoms with E-state index in [4.69, 9.17) is 4.74 Å². The van der Waals surface area contributed by atoms with Crippen LogP contribution in [0.5, 0.6) is 17.2 Å². The first-order valence-corrected chi connectivity index (χ1v) is 12.4. The molecular formula is C24H33NaO5S. The molecule has 0 bridgehead atoms. The van der Waals surface area contributed by atoms with Crippen molar-refractivity contribution in [2.45, 2.75) is 82.4 Å². The molecule has 5 nitrogen and oxygen atoms in total. The van der Waals surface area contributed by atoms with Gasteiger partial charge in [-0.1, -0.05) is 101 Å². The van der Waals surface area contributed by atoms with Crippen molar-refractivity contribution in [3.63, 3.8) is 0 Å². The molecule has 0 heterocycles. The largest absolute Gasteiger partial charge is 1.00 e. The van der Waals surface area contributed by atoms with E-state index in [1.807, 2.05) is 0 Å². The summed E-state index contributed by atoms with van der Waals surface area (Å²) in [4.78, 5) is -0.246. The monoisotopic (exact) mass is 456 g/mol. The van der Waals surface area contributed by atoms with Crippen molar-refractivity contribution in [3.8, 4) is 17.2 Å². The third kappa shape index (κ3) is 9.96. The van der Waals surface area contributed by atoms with E-state index in [2.05, 4.69) is 6.92 Å². The van der Waals surface area contributed by atoms with E-state index in [1.165, 1.54) is 63.1 Å². The Balaban J connectivity index is 0.00000480. The molecule has 2 aromatic rings. The van der Waals surface area contributed by atoms with Gasteiger partial charge in [0.15, 0.2) is 0 Å². The minimum Gasteiger partial charge on any atom is -0.870 e. The average Bonchev–Trinajstić information content (AvgIpc) is 2.70. The number of hydrogen-bond acceptors (Lipinski definition) is 4. The molecule has 0 amide bonds. The fourth-order valence-corrected chi connectivity index (χ4v) is 4.45. The van der Waals surface area contributed by atoms with Crippen molar-refractivity contribution in [1.82, 2.24) is 0 Å². The molecule has 0 aliphatic carbocycles. The number of benzene rings is 2. The molecule has 2 rings (SSSR count). The topological polar surface area (TPSA) is 86.7 Å². The molecule has 0 spiro atoms. The zero-order valence-electron chi connectivity index (χ0n) is 18.8. The van der Waals surface area contributed by atoms with Gasteiger partial charge < -0.3 is 9.84 Å². The summed E-state index contributed by atoms with van der Waals surface area (Å²) in [5, 5.41) is 11.9. The number of aryl methyl sites for hydroxylation is 1. The van der Waals surface area contributed by atoms with E-state index >= 15 is 0 Å². The maximum Gasteiger partial charge on any atom is 1.00 e. The zero-order chi connectivity index (χ0) is 21.8. The maximum absolute atomic E-state index is 12.0. The van der Waals surface area contributed by atoms with Crippen LogP contribution >= 0.6 is 0 Å². The molecule has 0 aliphatic rings. The summed E-state index contributed by atoms with van der Waals surface area (Å²) in [5.74, 6) is -0.345. The third-order valence-electron chi connectivity index (χ3n) is 5.19. The summed E-state index contributed by atoms with van der Waals surface area (Å²) in [6.07, 6.45) is 12.4. The molecule has 0 saturated heterocycles. The number of unbranched alkanes of at least 4 members (excludes halogenated alkanes) is 9. The van der Waals surface area contributed by atoms with E-state index in [9.17, 15) is 18.1 Å². The maximum atomic E-state index is 12.0. The van der Waals surface area contributed by atoms with Gasteiger partial charge in [0.05, 0.1) is 0 Å². The molecule has 0 saturated carbocycles. The molecular weight excluding hydrogens is 423 g/mol. The van der Waals surface area contributed by atoms with Crippen molar-refractivity contribution in [2.75, 3.05) is 0 Å². The van der Waals surface area contributed by atoms with E-state index in [-0.39, 0.29) is 51.7 Å². The Morgan fingerprint density at radius 2 is 1.35 bits per heavy atom. The molecule has 1 N–H and O–H groups in total. The number of ether oxygens (including phenoxy) is 1. The minimum absolute atomic E-state index is 0. The van der Waals surface area contributed by atoms with Gasteiger partial charge >= 0.3 is 29.6 Å². The van der Waals surface area contributed by atoms with E-state index in [1.54, 1.807) is 24.3 Å². The van der Waals surface area contributed by atoms with Gasteiger partial charge in [0, 0.05) is 0 Å². The molecule has 166 valence electrons. The van der Waals surface area contributed by atoms with Crippen LogP contribution in [0.25, 0.3) is 0 Å². The summed E-state index contributed by atoms with van der Waals surface area (Å²) in [7, 11) is -4.49. The summed E-state index contributed by atoms with van der Waals surface area (Å²) in [6, 6.07) is 10.9. The second kappa shape index (κ2) is 14.9. The van der Waals surface area contributed by atoms with Gasteiger partial charge in [0.1, 0.15) is 16.4 Å². The molecule has 0 unspecified atom stereocenters. The standard InChI is InChI=1S/C24H34O5S.Na/c1-2-3-4-5-6-7-8-9-10-11-15-20-16-14-19-23(24(20)30(26,27)28)29-22-18-13-12-17-21(22)25;/h12-14,16-19,25H,2-11,15H2,1H3,(H,26,27,28);/q;+1/p-1. The van der Waals surface area contributed by atoms with Crippen LogP contribution in [0.2, 0.25) is 0 Å². The normalized spacial score (nSPS) is 11.2. The summed E-state index contributed by atoms with van der Waals surface area (Å²) < 4.78 is 39.4. The Morgan fingerprint density at radius 1 is 0.806 bits per heavy atom. The van der Waals surface area contributed by atoms with Crippen LogP contribution in [0.15, 0.2) is 47.4 Å². The van der Waals surface area contributed by atoms with Crippen LogP contribution < -0.4 is 39.4 Å². The predicted molar refractivity (Wildman–Crippen MR) is 118 cm³/mol. The van der Waals surface area contributed by atoms with Crippen LogP contribution in [0.1, 0.15) is 76.7 Å². The molecule has 31 heavy (non-hydrogen) atoms. The number of rotatable bonds is 14. The van der Waals surface area contributed by atoms with Gasteiger partial charge in [0.2, 0.25) is 0 Å². The molecule has 0 aliphatic heterocycles. The van der Waals surface area contributed by atoms with Crippen molar-refractivity contribution in [1.29, 1.82) is 0 Å². The van der Waals surface area contributed by atoms with Crippen molar-refractivity contribution >= 4 is 10.1 Å². The van der Waals surface area contributed by atoms with Gasteiger partial charge in [-0.2, -0.15) is 8.42 Å². The molecule has 0 fully saturated rings. The Morgan fingerprint density at radius 3 is 1.94 bits per heavy atom. The van der Waals surface area contributed by atoms with Crippen LogP contribution in [-0.4, -0.2) is 13.0 Å². The minimum atomic E-state index is -4.49. The van der Waals surface area contributed by atoms with Gasteiger partial charge in [-0.3, -0.25) is 4.55 Å². The first-order valence-electron chi connectivity index (χ1n) is 11.0. The van der Waals surface area contributed by atoms with Crippen LogP contribution in [0.4, 0.5) is 0 Å². The zero-order valence-corrected chi connectivity index (χ0v) is 21.6. The second-order valence-electron chi connectivity index (χ2n) is 7.70. The summed E-state index contributed by atoms with van der Waals surface area (Å²) in [5.41, 5.74) is 0.512. The van der Waals surface area contributed by atoms with Gasteiger partial charge in [0.25, 0.3) is 10.1 Å². The molecule has 0 aromatic heterocycles. The van der Waals surface area contributed by atoms with Crippen LogP contribution in [-0.2, 0) is 16.5 Å². The van der Waals surface area contributed by atoms with Gasteiger partial charge in [-0.05, 0) is 30.5 Å². The molecule has 0 atom stereocenters. The van der Waals surface area contributed by atoms with Crippen molar-refractivity contribution in [2.24, 2.45) is 0 Å². The summed E-state index contributed by atoms with van der Waals surface area (Å²) >= 11 is 0. The van der Waals surface area contributed by atoms with Gasteiger partial charge in [-0.25, -0.2) is 0 Å². The predicted octanol–water partition coefficient (Wildman–Crippen LogP) is 3.27. The Labute approximate surface area is 209 Å². The second-order valence-corrected chi connectivity index (χ2v) is 9.06. The average molecular weight is 457 g/mol. The number of hydrogen-bond donors (Lipinski definition) is 1. The first-order chi connectivity index (χ1) is 14.4.